The summed E-state index contributed by atoms with van der Waals surface area (Å²) in [6, 6.07) is 17.8. The van der Waals surface area contributed by atoms with Gasteiger partial charge < -0.3 is 14.4 Å². The summed E-state index contributed by atoms with van der Waals surface area (Å²) in [6.07, 6.45) is 12.1. The number of aromatic nitrogens is 1. The van der Waals surface area contributed by atoms with E-state index in [-0.39, 0.29) is 5.56 Å². The van der Waals surface area contributed by atoms with Crippen molar-refractivity contribution in [3.63, 3.8) is 0 Å². The van der Waals surface area contributed by atoms with Crippen molar-refractivity contribution in [1.82, 2.24) is 4.57 Å². The molecule has 0 saturated carbocycles. The minimum Gasteiger partial charge on any atom is -0.494 e. The smallest absolute Gasteiger partial charge is 0.258 e. The molecule has 1 heterocycles. The molecule has 0 fully saturated rings. The molecule has 0 atom stereocenters. The van der Waals surface area contributed by atoms with Crippen molar-refractivity contribution < 1.29 is 9.84 Å². The maximum Gasteiger partial charge on any atom is 0.258 e. The Kier molecular flexibility index (Phi) is 9.83. The molecule has 32 heavy (non-hydrogen) atoms. The van der Waals surface area contributed by atoms with Gasteiger partial charge in [-0.05, 0) is 48.1 Å². The van der Waals surface area contributed by atoms with Crippen molar-refractivity contribution in [3.05, 3.63) is 65.0 Å². The van der Waals surface area contributed by atoms with Gasteiger partial charge in [0.2, 0.25) is 0 Å². The first-order valence-electron chi connectivity index (χ1n) is 12.1. The second kappa shape index (κ2) is 13.1. The second-order valence-corrected chi connectivity index (χ2v) is 8.61. The molecule has 0 spiro atoms. The van der Waals surface area contributed by atoms with E-state index in [1.54, 1.807) is 4.57 Å². The van der Waals surface area contributed by atoms with Crippen molar-refractivity contribution in [1.29, 1.82) is 0 Å². The summed E-state index contributed by atoms with van der Waals surface area (Å²) in [5, 5.41) is 9.83. The fourth-order valence-corrected chi connectivity index (χ4v) is 4.18. The average molecular weight is 436 g/mol. The molecule has 0 aliphatic carbocycles. The highest BCUT2D eigenvalue weighted by atomic mass is 16.5. The molecule has 0 saturated heterocycles. The molecular formula is C28H37NO3. The number of aliphatic hydroxyl groups excluding tert-OH is 1. The lowest BCUT2D eigenvalue weighted by Crippen LogP contribution is -2.18. The summed E-state index contributed by atoms with van der Waals surface area (Å²) in [4.78, 5) is 12.8. The second-order valence-electron chi connectivity index (χ2n) is 8.61. The minimum atomic E-state index is 0.0162. The molecule has 1 N–H and O–H groups in total. The van der Waals surface area contributed by atoms with Gasteiger partial charge in [0.25, 0.3) is 5.56 Å². The standard InChI is InChI=1S/C28H37NO3/c1-29-27-15-11-10-14-24(27)22-26(28(29)31)23-16-18-25(19-17-23)32-21-13-9-7-5-3-2-4-6-8-12-20-30/h10-11,14-19,22,30H,2-9,12-13,20-21H2,1H3. The predicted molar refractivity (Wildman–Crippen MR) is 133 cm³/mol. The van der Waals surface area contributed by atoms with Gasteiger partial charge in [0, 0.05) is 19.2 Å². The summed E-state index contributed by atoms with van der Waals surface area (Å²) in [5.41, 5.74) is 2.59. The highest BCUT2D eigenvalue weighted by Gasteiger charge is 2.09. The number of unbranched alkanes of at least 4 members (excludes halogenated alkanes) is 9. The van der Waals surface area contributed by atoms with Crippen LogP contribution in [0.4, 0.5) is 0 Å². The third kappa shape index (κ3) is 6.96. The SMILES string of the molecule is Cn1c(=O)c(-c2ccc(OCCCCCCCCCCCCO)cc2)cc2ccccc21. The molecular weight excluding hydrogens is 398 g/mol. The van der Waals surface area contributed by atoms with E-state index in [0.717, 1.165) is 48.1 Å². The molecule has 1 aromatic heterocycles. The van der Waals surface area contributed by atoms with E-state index < -0.39 is 0 Å². The van der Waals surface area contributed by atoms with Gasteiger partial charge in [-0.3, -0.25) is 4.79 Å². The zero-order chi connectivity index (χ0) is 22.6. The van der Waals surface area contributed by atoms with E-state index in [9.17, 15) is 4.79 Å². The van der Waals surface area contributed by atoms with Gasteiger partial charge in [-0.1, -0.05) is 81.7 Å². The van der Waals surface area contributed by atoms with Crippen LogP contribution in [0.2, 0.25) is 0 Å². The van der Waals surface area contributed by atoms with Crippen LogP contribution in [-0.4, -0.2) is 22.9 Å². The van der Waals surface area contributed by atoms with Crippen molar-refractivity contribution in [2.45, 2.75) is 64.2 Å². The molecule has 3 aromatic rings. The van der Waals surface area contributed by atoms with Crippen LogP contribution in [0.25, 0.3) is 22.0 Å². The van der Waals surface area contributed by atoms with Gasteiger partial charge in [0.05, 0.1) is 12.1 Å². The number of para-hydroxylation sites is 1. The Morgan fingerprint density at radius 2 is 1.38 bits per heavy atom. The molecule has 4 heteroatoms. The Bertz CT molecular complexity index is 1010. The molecule has 0 aliphatic rings. The summed E-state index contributed by atoms with van der Waals surface area (Å²) in [7, 11) is 1.82. The number of fused-ring (bicyclic) bond motifs is 1. The van der Waals surface area contributed by atoms with Crippen LogP contribution < -0.4 is 10.3 Å². The summed E-state index contributed by atoms with van der Waals surface area (Å²) >= 11 is 0. The zero-order valence-corrected chi connectivity index (χ0v) is 19.4. The fraction of sp³-hybridized carbons (Fsp3) is 0.464. The van der Waals surface area contributed by atoms with Crippen molar-refractivity contribution in [3.8, 4) is 16.9 Å². The molecule has 0 aliphatic heterocycles. The maximum atomic E-state index is 12.8. The Balaban J connectivity index is 1.38. The van der Waals surface area contributed by atoms with Crippen molar-refractivity contribution >= 4 is 10.9 Å². The number of hydrogen-bond donors (Lipinski definition) is 1. The number of ether oxygens (including phenoxy) is 1. The van der Waals surface area contributed by atoms with Crippen LogP contribution >= 0.6 is 0 Å². The summed E-state index contributed by atoms with van der Waals surface area (Å²) in [5.74, 6) is 0.856. The van der Waals surface area contributed by atoms with E-state index in [1.807, 2.05) is 61.6 Å². The highest BCUT2D eigenvalue weighted by Crippen LogP contribution is 2.23. The van der Waals surface area contributed by atoms with E-state index in [2.05, 4.69) is 0 Å². The average Bonchev–Trinajstić information content (AvgIpc) is 2.82. The largest absolute Gasteiger partial charge is 0.494 e. The molecule has 4 nitrogen and oxygen atoms in total. The van der Waals surface area contributed by atoms with Gasteiger partial charge in [0.1, 0.15) is 5.75 Å². The normalized spacial score (nSPS) is 11.2. The van der Waals surface area contributed by atoms with Gasteiger partial charge >= 0.3 is 0 Å². The lowest BCUT2D eigenvalue weighted by atomic mass is 10.0. The van der Waals surface area contributed by atoms with Crippen LogP contribution in [0.3, 0.4) is 0 Å². The quantitative estimate of drug-likeness (QED) is 0.295. The van der Waals surface area contributed by atoms with Crippen molar-refractivity contribution in [2.75, 3.05) is 13.2 Å². The number of hydrogen-bond acceptors (Lipinski definition) is 3. The first kappa shape index (κ1) is 24.1. The highest BCUT2D eigenvalue weighted by molar-refractivity contribution is 5.84. The van der Waals surface area contributed by atoms with Crippen LogP contribution in [0.1, 0.15) is 64.2 Å². The number of pyridine rings is 1. The molecule has 3 rings (SSSR count). The Morgan fingerprint density at radius 1 is 0.781 bits per heavy atom. The number of benzene rings is 2. The topological polar surface area (TPSA) is 51.5 Å². The fourth-order valence-electron chi connectivity index (χ4n) is 4.18. The third-order valence-electron chi connectivity index (χ3n) is 6.12. The monoisotopic (exact) mass is 435 g/mol. The van der Waals surface area contributed by atoms with Crippen LogP contribution in [0.5, 0.6) is 5.75 Å². The van der Waals surface area contributed by atoms with E-state index >= 15 is 0 Å². The van der Waals surface area contributed by atoms with Gasteiger partial charge in [-0.25, -0.2) is 0 Å². The van der Waals surface area contributed by atoms with Crippen LogP contribution in [-0.2, 0) is 7.05 Å². The summed E-state index contributed by atoms with van der Waals surface area (Å²) in [6.45, 7) is 1.06. The lowest BCUT2D eigenvalue weighted by Gasteiger charge is -2.10. The number of rotatable bonds is 14. The van der Waals surface area contributed by atoms with E-state index in [4.69, 9.17) is 9.84 Å². The Labute approximate surface area is 191 Å². The van der Waals surface area contributed by atoms with Gasteiger partial charge in [0.15, 0.2) is 0 Å². The number of nitrogens with zero attached hydrogens (tertiary/aromatic N) is 1. The third-order valence-corrected chi connectivity index (χ3v) is 6.12. The molecule has 172 valence electrons. The Morgan fingerprint density at radius 3 is 2.03 bits per heavy atom. The van der Waals surface area contributed by atoms with E-state index in [1.165, 1.54) is 44.9 Å². The lowest BCUT2D eigenvalue weighted by molar-refractivity contribution is 0.282. The summed E-state index contributed by atoms with van der Waals surface area (Å²) < 4.78 is 7.61. The van der Waals surface area contributed by atoms with Crippen LogP contribution in [0, 0.1) is 0 Å². The first-order valence-corrected chi connectivity index (χ1v) is 12.1. The first-order chi connectivity index (χ1) is 15.7. The van der Waals surface area contributed by atoms with Crippen molar-refractivity contribution in [2.24, 2.45) is 7.05 Å². The van der Waals surface area contributed by atoms with E-state index in [0.29, 0.717) is 12.2 Å². The van der Waals surface area contributed by atoms with Crippen LogP contribution in [0.15, 0.2) is 59.4 Å². The number of aryl methyl sites for hydroxylation is 1. The van der Waals surface area contributed by atoms with Gasteiger partial charge in [-0.2, -0.15) is 0 Å². The predicted octanol–water partition coefficient (Wildman–Crippen LogP) is 6.48. The molecule has 0 amide bonds. The minimum absolute atomic E-state index is 0.0162. The maximum absolute atomic E-state index is 12.8. The number of aliphatic hydroxyl groups is 1. The molecule has 2 aromatic carbocycles. The molecule has 0 bridgehead atoms. The van der Waals surface area contributed by atoms with Gasteiger partial charge in [-0.15, -0.1) is 0 Å². The molecule has 0 radical (unpaired) electrons. The molecule has 0 unspecified atom stereocenters. The Hall–Kier alpha value is -2.59. The zero-order valence-electron chi connectivity index (χ0n) is 19.4.